The lowest BCUT2D eigenvalue weighted by Crippen LogP contribution is -2.58. The molecular weight excluding hydrogens is 250 g/mol. The molecule has 0 radical (unpaired) electrons. The minimum atomic E-state index is 0.585. The van der Waals surface area contributed by atoms with Crippen LogP contribution in [0.2, 0.25) is 0 Å². The van der Waals surface area contributed by atoms with Gasteiger partial charge in [0.2, 0.25) is 0 Å². The van der Waals surface area contributed by atoms with Crippen molar-refractivity contribution in [3.05, 3.63) is 18.2 Å². The molecular formula is C15H21N5. The van der Waals surface area contributed by atoms with E-state index in [1.54, 1.807) is 0 Å². The van der Waals surface area contributed by atoms with Crippen LogP contribution in [0.1, 0.15) is 12.8 Å². The molecule has 0 atom stereocenters. The van der Waals surface area contributed by atoms with E-state index in [9.17, 15) is 0 Å². The van der Waals surface area contributed by atoms with Crippen molar-refractivity contribution in [1.82, 2.24) is 15.1 Å². The normalized spacial score (nSPS) is 22.4. The maximum absolute atomic E-state index is 5.82. The lowest BCUT2D eigenvalue weighted by atomic mass is 9.72. The third kappa shape index (κ3) is 1.77. The fraction of sp³-hybridized carbons (Fsp3) is 0.533. The molecule has 20 heavy (non-hydrogen) atoms. The minimum Gasteiger partial charge on any atom is -0.399 e. The lowest BCUT2D eigenvalue weighted by molar-refractivity contribution is 0.00125. The monoisotopic (exact) mass is 271 g/mol. The zero-order valence-corrected chi connectivity index (χ0v) is 11.9. The highest BCUT2D eigenvalue weighted by atomic mass is 15.3. The summed E-state index contributed by atoms with van der Waals surface area (Å²) >= 11 is 0. The van der Waals surface area contributed by atoms with Crippen molar-refractivity contribution in [3.63, 3.8) is 0 Å². The quantitative estimate of drug-likeness (QED) is 0.775. The van der Waals surface area contributed by atoms with E-state index in [2.05, 4.69) is 33.1 Å². The van der Waals surface area contributed by atoms with E-state index in [0.29, 0.717) is 5.41 Å². The minimum absolute atomic E-state index is 0.585. The molecule has 4 rings (SSSR count). The van der Waals surface area contributed by atoms with Crippen LogP contribution >= 0.6 is 0 Å². The molecule has 1 aromatic heterocycles. The van der Waals surface area contributed by atoms with Crippen molar-refractivity contribution in [2.75, 3.05) is 43.9 Å². The predicted octanol–water partition coefficient (Wildman–Crippen LogP) is 1.68. The third-order valence-electron chi connectivity index (χ3n) is 4.90. The Morgan fingerprint density at radius 3 is 2.70 bits per heavy atom. The molecule has 0 bridgehead atoms. The average molecular weight is 271 g/mol. The highest BCUT2D eigenvalue weighted by molar-refractivity contribution is 5.92. The summed E-state index contributed by atoms with van der Waals surface area (Å²) in [5, 5.41) is 8.79. The van der Waals surface area contributed by atoms with Gasteiger partial charge < -0.3 is 15.5 Å². The second kappa shape index (κ2) is 4.12. The van der Waals surface area contributed by atoms with Gasteiger partial charge in [0, 0.05) is 37.3 Å². The Morgan fingerprint density at radius 1 is 1.25 bits per heavy atom. The van der Waals surface area contributed by atoms with Crippen LogP contribution in [0.4, 0.5) is 11.5 Å². The van der Waals surface area contributed by atoms with Gasteiger partial charge in [-0.25, -0.2) is 0 Å². The van der Waals surface area contributed by atoms with E-state index in [0.717, 1.165) is 30.1 Å². The van der Waals surface area contributed by atoms with Gasteiger partial charge in [-0.2, -0.15) is 5.10 Å². The van der Waals surface area contributed by atoms with Gasteiger partial charge in [0.15, 0.2) is 5.82 Å². The molecule has 1 spiro atoms. The molecule has 0 aliphatic carbocycles. The number of nitrogen functional groups attached to an aromatic ring is 1. The number of anilines is 2. The van der Waals surface area contributed by atoms with Crippen LogP contribution in [-0.4, -0.2) is 48.3 Å². The number of nitrogens with zero attached hydrogens (tertiary/aromatic N) is 3. The highest BCUT2D eigenvalue weighted by Crippen LogP contribution is 2.41. The van der Waals surface area contributed by atoms with Gasteiger partial charge in [-0.15, -0.1) is 0 Å². The maximum Gasteiger partial charge on any atom is 0.158 e. The Kier molecular flexibility index (Phi) is 2.48. The number of aromatic nitrogens is 2. The fourth-order valence-corrected chi connectivity index (χ4v) is 3.87. The summed E-state index contributed by atoms with van der Waals surface area (Å²) in [6.07, 6.45) is 2.56. The summed E-state index contributed by atoms with van der Waals surface area (Å²) in [5.74, 6) is 1.09. The smallest absolute Gasteiger partial charge is 0.158 e. The number of H-pyrrole nitrogens is 1. The van der Waals surface area contributed by atoms with Crippen LogP contribution in [0.15, 0.2) is 18.2 Å². The zero-order chi connectivity index (χ0) is 13.7. The number of benzene rings is 1. The van der Waals surface area contributed by atoms with E-state index in [1.807, 2.05) is 12.1 Å². The Hall–Kier alpha value is -1.75. The first kappa shape index (κ1) is 12.0. The maximum atomic E-state index is 5.82. The molecule has 0 saturated carbocycles. The number of nitrogens with one attached hydrogen (secondary N) is 1. The Labute approximate surface area is 118 Å². The number of piperidine rings is 1. The first-order valence-corrected chi connectivity index (χ1v) is 7.32. The predicted molar refractivity (Wildman–Crippen MR) is 81.9 cm³/mol. The van der Waals surface area contributed by atoms with Crippen LogP contribution in [0.3, 0.4) is 0 Å². The standard InChI is InChI=1S/C15H21N5/c1-19-9-15(10-19)4-6-20(7-5-15)14-12-3-2-11(16)8-13(12)17-18-14/h2-3,8H,4-7,9-10,16H2,1H3,(H,17,18). The van der Waals surface area contributed by atoms with Gasteiger partial charge in [-0.1, -0.05) is 0 Å². The molecule has 0 amide bonds. The van der Waals surface area contributed by atoms with Crippen LogP contribution in [-0.2, 0) is 0 Å². The van der Waals surface area contributed by atoms with Crippen LogP contribution < -0.4 is 10.6 Å². The Morgan fingerprint density at radius 2 is 2.00 bits per heavy atom. The molecule has 3 N–H and O–H groups in total. The van der Waals surface area contributed by atoms with Gasteiger partial charge in [-0.3, -0.25) is 5.10 Å². The average Bonchev–Trinajstić information content (AvgIpc) is 2.81. The Bertz CT molecular complexity index is 631. The third-order valence-corrected chi connectivity index (χ3v) is 4.90. The number of fused-ring (bicyclic) bond motifs is 1. The molecule has 5 heteroatoms. The van der Waals surface area contributed by atoms with Crippen LogP contribution in [0.5, 0.6) is 0 Å². The van der Waals surface area contributed by atoms with Gasteiger partial charge in [0.25, 0.3) is 0 Å². The van der Waals surface area contributed by atoms with Crippen molar-refractivity contribution >= 4 is 22.4 Å². The number of likely N-dealkylation sites (tertiary alicyclic amines) is 1. The van der Waals surface area contributed by atoms with E-state index < -0.39 is 0 Å². The number of rotatable bonds is 1. The fourth-order valence-electron chi connectivity index (χ4n) is 3.87. The number of nitrogens with two attached hydrogens (primary N) is 1. The molecule has 2 aliphatic heterocycles. The molecule has 106 valence electrons. The second-order valence-electron chi connectivity index (χ2n) is 6.51. The summed E-state index contributed by atoms with van der Waals surface area (Å²) in [4.78, 5) is 4.83. The first-order valence-electron chi connectivity index (χ1n) is 7.32. The summed E-state index contributed by atoms with van der Waals surface area (Å²) in [5.41, 5.74) is 8.22. The van der Waals surface area contributed by atoms with Gasteiger partial charge in [0.05, 0.1) is 5.52 Å². The van der Waals surface area contributed by atoms with Crippen molar-refractivity contribution in [3.8, 4) is 0 Å². The largest absolute Gasteiger partial charge is 0.399 e. The first-order chi connectivity index (χ1) is 9.65. The molecule has 2 fully saturated rings. The zero-order valence-electron chi connectivity index (χ0n) is 11.9. The summed E-state index contributed by atoms with van der Waals surface area (Å²) in [7, 11) is 2.21. The molecule has 2 saturated heterocycles. The van der Waals surface area contributed by atoms with E-state index in [-0.39, 0.29) is 0 Å². The van der Waals surface area contributed by atoms with Crippen molar-refractivity contribution in [2.45, 2.75) is 12.8 Å². The summed E-state index contributed by atoms with van der Waals surface area (Å²) < 4.78 is 0. The molecule has 2 aliphatic rings. The van der Waals surface area contributed by atoms with E-state index >= 15 is 0 Å². The number of aromatic amines is 1. The van der Waals surface area contributed by atoms with Crippen molar-refractivity contribution < 1.29 is 0 Å². The van der Waals surface area contributed by atoms with Crippen LogP contribution in [0.25, 0.3) is 10.9 Å². The van der Waals surface area contributed by atoms with Crippen LogP contribution in [0, 0.1) is 5.41 Å². The second-order valence-corrected chi connectivity index (χ2v) is 6.51. The summed E-state index contributed by atoms with van der Waals surface area (Å²) in [6, 6.07) is 5.98. The molecule has 5 nitrogen and oxygen atoms in total. The highest BCUT2D eigenvalue weighted by Gasteiger charge is 2.43. The topological polar surface area (TPSA) is 61.2 Å². The summed E-state index contributed by atoms with van der Waals surface area (Å²) in [6.45, 7) is 4.74. The van der Waals surface area contributed by atoms with E-state index in [1.165, 1.54) is 31.3 Å². The lowest BCUT2D eigenvalue weighted by Gasteiger charge is -2.53. The van der Waals surface area contributed by atoms with E-state index in [4.69, 9.17) is 5.73 Å². The van der Waals surface area contributed by atoms with Gasteiger partial charge in [0.1, 0.15) is 0 Å². The van der Waals surface area contributed by atoms with Gasteiger partial charge >= 0.3 is 0 Å². The molecule has 2 aromatic rings. The number of hydrogen-bond donors (Lipinski definition) is 2. The molecule has 1 aromatic carbocycles. The molecule has 3 heterocycles. The van der Waals surface area contributed by atoms with Crippen molar-refractivity contribution in [2.24, 2.45) is 5.41 Å². The number of hydrogen-bond acceptors (Lipinski definition) is 4. The molecule has 0 unspecified atom stereocenters. The van der Waals surface area contributed by atoms with Gasteiger partial charge in [-0.05, 0) is 43.5 Å². The van der Waals surface area contributed by atoms with Crippen molar-refractivity contribution in [1.29, 1.82) is 0 Å². The SMILES string of the molecule is CN1CC2(CCN(c3n[nH]c4cc(N)ccc34)CC2)C1. The Balaban J connectivity index is 1.56.